The van der Waals surface area contributed by atoms with Gasteiger partial charge in [-0.1, -0.05) is 36.5 Å². The van der Waals surface area contributed by atoms with E-state index in [1.807, 2.05) is 0 Å². The first-order valence-electron chi connectivity index (χ1n) is 3.97. The van der Waals surface area contributed by atoms with Crippen LogP contribution in [0.3, 0.4) is 0 Å². The van der Waals surface area contributed by atoms with Gasteiger partial charge < -0.3 is 5.32 Å². The van der Waals surface area contributed by atoms with Crippen LogP contribution in [0.1, 0.15) is 0 Å². The predicted octanol–water partition coefficient (Wildman–Crippen LogP) is 1.54. The van der Waals surface area contributed by atoms with E-state index < -0.39 is 0 Å². The molecule has 1 heteroatoms. The molecule has 0 aromatic carbocycles. The Bertz CT molecular complexity index is 213. The minimum Gasteiger partial charge on any atom is -0.304 e. The molecule has 0 aromatic rings. The summed E-state index contributed by atoms with van der Waals surface area (Å²) in [6.45, 7) is 4.14. The summed E-state index contributed by atoms with van der Waals surface area (Å²) in [5.41, 5.74) is 0. The van der Waals surface area contributed by atoms with Crippen molar-refractivity contribution in [2.45, 2.75) is 0 Å². The highest BCUT2D eigenvalue weighted by Crippen LogP contribution is 2.23. The molecule has 2 unspecified atom stereocenters. The fraction of sp³-hybridized carbons (Fsp3) is 0.300. The highest BCUT2D eigenvalue weighted by Gasteiger charge is 2.17. The van der Waals surface area contributed by atoms with Gasteiger partial charge in [-0.15, -0.1) is 0 Å². The van der Waals surface area contributed by atoms with Crippen molar-refractivity contribution in [3.8, 4) is 0 Å². The third-order valence-electron chi connectivity index (χ3n) is 2.02. The Morgan fingerprint density at radius 2 is 2.09 bits per heavy atom. The maximum atomic E-state index is 3.23. The molecule has 1 heterocycles. The van der Waals surface area contributed by atoms with Crippen molar-refractivity contribution in [1.82, 2.24) is 5.32 Å². The maximum Gasteiger partial charge on any atom is 0.0673 e. The minimum atomic E-state index is 0.429. The van der Waals surface area contributed by atoms with E-state index in [0.29, 0.717) is 11.8 Å². The van der Waals surface area contributed by atoms with E-state index in [4.69, 9.17) is 0 Å². The number of hydrogen-bond donors (Lipinski definition) is 1. The second-order valence-electron chi connectivity index (χ2n) is 2.83. The fourth-order valence-corrected chi connectivity index (χ4v) is 1.41. The lowest BCUT2D eigenvalue weighted by Crippen LogP contribution is -2.18. The fourth-order valence-electron chi connectivity index (χ4n) is 1.41. The average molecular weight is 145 g/mol. The van der Waals surface area contributed by atoms with Crippen molar-refractivity contribution in [2.75, 3.05) is 6.54 Å². The Kier molecular flexibility index (Phi) is 1.91. The van der Waals surface area contributed by atoms with Gasteiger partial charge in [0.15, 0.2) is 0 Å². The molecule has 2 atom stereocenters. The quantitative estimate of drug-likeness (QED) is 0.510. The van der Waals surface area contributed by atoms with Crippen molar-refractivity contribution in [3.63, 3.8) is 0 Å². The highest BCUT2D eigenvalue weighted by molar-refractivity contribution is 5.22. The van der Waals surface area contributed by atoms with Crippen molar-refractivity contribution < 1.29 is 0 Å². The van der Waals surface area contributed by atoms with Gasteiger partial charge in [-0.3, -0.25) is 0 Å². The van der Waals surface area contributed by atoms with Gasteiger partial charge in [0.05, 0.1) is 6.54 Å². The van der Waals surface area contributed by atoms with Gasteiger partial charge in [0.2, 0.25) is 0 Å². The summed E-state index contributed by atoms with van der Waals surface area (Å²) in [7, 11) is 0. The third-order valence-corrected chi connectivity index (χ3v) is 2.02. The van der Waals surface area contributed by atoms with Crippen LogP contribution in [0, 0.1) is 18.4 Å². The smallest absolute Gasteiger partial charge is 0.0673 e. The molecular formula is C10H11N. The Morgan fingerprint density at radius 3 is 3.09 bits per heavy atom. The van der Waals surface area contributed by atoms with E-state index in [9.17, 15) is 0 Å². The van der Waals surface area contributed by atoms with E-state index >= 15 is 0 Å². The minimum absolute atomic E-state index is 0.429. The zero-order valence-electron chi connectivity index (χ0n) is 6.33. The van der Waals surface area contributed by atoms with Crippen LogP contribution in [-0.2, 0) is 0 Å². The van der Waals surface area contributed by atoms with E-state index in [-0.39, 0.29) is 0 Å². The summed E-state index contributed by atoms with van der Waals surface area (Å²) in [5, 5.41) is 3.12. The number of hydrogen-bond acceptors (Lipinski definition) is 1. The number of nitrogens with one attached hydrogen (secondary N) is 1. The van der Waals surface area contributed by atoms with Crippen LogP contribution in [0.5, 0.6) is 0 Å². The molecule has 11 heavy (non-hydrogen) atoms. The van der Waals surface area contributed by atoms with Gasteiger partial charge in [-0.2, -0.15) is 0 Å². The first-order chi connectivity index (χ1) is 5.47. The van der Waals surface area contributed by atoms with Crippen LogP contribution in [0.15, 0.2) is 36.5 Å². The first-order valence-corrected chi connectivity index (χ1v) is 3.97. The normalized spacial score (nSPS) is 34.9. The predicted molar refractivity (Wildman–Crippen MR) is 45.6 cm³/mol. The number of allylic oxidation sites excluding steroid dienone is 4. The Balaban J connectivity index is 2.16. The molecule has 1 N–H and O–H groups in total. The molecule has 0 fully saturated rings. The lowest BCUT2D eigenvalue weighted by molar-refractivity contribution is 0.595. The first kappa shape index (κ1) is 6.86. The molecule has 0 amide bonds. The van der Waals surface area contributed by atoms with E-state index in [2.05, 4.69) is 48.3 Å². The van der Waals surface area contributed by atoms with Crippen LogP contribution in [-0.4, -0.2) is 6.54 Å². The number of rotatable bonds is 0. The molecule has 0 saturated carbocycles. The Hall–Kier alpha value is -0.820. The summed E-state index contributed by atoms with van der Waals surface area (Å²) in [5.74, 6) is 0.953. The van der Waals surface area contributed by atoms with Crippen LogP contribution in [0.25, 0.3) is 0 Å². The second kappa shape index (κ2) is 3.05. The molecule has 1 aliphatic carbocycles. The van der Waals surface area contributed by atoms with Crippen molar-refractivity contribution in [1.29, 1.82) is 0 Å². The van der Waals surface area contributed by atoms with Crippen molar-refractivity contribution >= 4 is 0 Å². The monoisotopic (exact) mass is 145 g/mol. The van der Waals surface area contributed by atoms with Crippen molar-refractivity contribution in [2.24, 2.45) is 11.8 Å². The topological polar surface area (TPSA) is 12.0 Å². The molecule has 56 valence electrons. The van der Waals surface area contributed by atoms with Crippen LogP contribution in [0.4, 0.5) is 0 Å². The molecule has 0 spiro atoms. The van der Waals surface area contributed by atoms with Crippen LogP contribution >= 0.6 is 0 Å². The van der Waals surface area contributed by atoms with E-state index in [1.165, 1.54) is 0 Å². The largest absolute Gasteiger partial charge is 0.304 e. The summed E-state index contributed by atoms with van der Waals surface area (Å²) >= 11 is 0. The standard InChI is InChI=1S/C10H11N/c1-2-5-10-8-11-7-3-6-9(10)4-1/h1-6,9-11H,7H2. The maximum absolute atomic E-state index is 3.23. The zero-order chi connectivity index (χ0) is 7.52. The van der Waals surface area contributed by atoms with E-state index in [1.54, 1.807) is 0 Å². The van der Waals surface area contributed by atoms with Gasteiger partial charge >= 0.3 is 0 Å². The van der Waals surface area contributed by atoms with Gasteiger partial charge in [0, 0.05) is 18.4 Å². The molecule has 2 radical (unpaired) electrons. The van der Waals surface area contributed by atoms with Gasteiger partial charge in [0.25, 0.3) is 0 Å². The molecule has 1 aliphatic heterocycles. The second-order valence-corrected chi connectivity index (χ2v) is 2.83. The third kappa shape index (κ3) is 1.43. The summed E-state index contributed by atoms with van der Waals surface area (Å²) < 4.78 is 0. The molecular weight excluding hydrogens is 134 g/mol. The SMILES string of the molecule is [C]1NCC=CC2C=CC=CC12. The summed E-state index contributed by atoms with van der Waals surface area (Å²) in [4.78, 5) is 0. The van der Waals surface area contributed by atoms with Crippen molar-refractivity contribution in [3.05, 3.63) is 43.0 Å². The van der Waals surface area contributed by atoms with Crippen LogP contribution < -0.4 is 5.32 Å². The molecule has 2 rings (SSSR count). The molecule has 0 aromatic heterocycles. The average Bonchev–Trinajstić information content (AvgIpc) is 2.28. The van der Waals surface area contributed by atoms with Crippen LogP contribution in [0.2, 0.25) is 0 Å². The van der Waals surface area contributed by atoms with Gasteiger partial charge in [-0.05, 0) is 0 Å². The molecule has 0 bridgehead atoms. The summed E-state index contributed by atoms with van der Waals surface area (Å²) in [6, 6.07) is 0. The lowest BCUT2D eigenvalue weighted by atomic mass is 9.89. The Morgan fingerprint density at radius 1 is 1.18 bits per heavy atom. The van der Waals surface area contributed by atoms with Gasteiger partial charge in [-0.25, -0.2) is 0 Å². The Labute approximate surface area is 67.5 Å². The lowest BCUT2D eigenvalue weighted by Gasteiger charge is -2.17. The molecule has 2 aliphatic rings. The number of fused-ring (bicyclic) bond motifs is 1. The van der Waals surface area contributed by atoms with E-state index in [0.717, 1.165) is 6.54 Å². The molecule has 0 saturated heterocycles. The zero-order valence-corrected chi connectivity index (χ0v) is 6.33. The molecule has 1 nitrogen and oxygen atoms in total. The summed E-state index contributed by atoms with van der Waals surface area (Å²) in [6.07, 6.45) is 12.9. The van der Waals surface area contributed by atoms with Gasteiger partial charge in [0.1, 0.15) is 0 Å². The highest BCUT2D eigenvalue weighted by atomic mass is 14.9.